The van der Waals surface area contributed by atoms with E-state index in [0.717, 1.165) is 32.2 Å². The summed E-state index contributed by atoms with van der Waals surface area (Å²) in [7, 11) is 0. The standard InChI is InChI=1S/C21H25NO2/c1-17(23)24-22-16-8-7-13-21(22)20-12-6-5-11-19(20)15-14-18-9-3-2-4-10-18/h2-6,9-12,21H,7-8,13-16H2,1H3. The zero-order chi connectivity index (χ0) is 16.8. The molecule has 0 bridgehead atoms. The van der Waals surface area contributed by atoms with Crippen LogP contribution in [-0.4, -0.2) is 17.6 Å². The van der Waals surface area contributed by atoms with Crippen molar-refractivity contribution in [2.24, 2.45) is 0 Å². The number of carbonyl (C=O) groups is 1. The maximum atomic E-state index is 11.4. The van der Waals surface area contributed by atoms with Crippen LogP contribution in [0.3, 0.4) is 0 Å². The average molecular weight is 323 g/mol. The Labute approximate surface area is 144 Å². The Morgan fingerprint density at radius 1 is 1.04 bits per heavy atom. The molecule has 1 unspecified atom stereocenters. The van der Waals surface area contributed by atoms with Gasteiger partial charge in [-0.05, 0) is 42.4 Å². The van der Waals surface area contributed by atoms with E-state index in [1.165, 1.54) is 30.0 Å². The second-order valence-electron chi connectivity index (χ2n) is 6.42. The molecule has 0 N–H and O–H groups in total. The number of carbonyl (C=O) groups excluding carboxylic acids is 1. The van der Waals surface area contributed by atoms with Crippen molar-refractivity contribution >= 4 is 5.97 Å². The summed E-state index contributed by atoms with van der Waals surface area (Å²) in [5.41, 5.74) is 4.01. The van der Waals surface area contributed by atoms with E-state index < -0.39 is 0 Å². The van der Waals surface area contributed by atoms with Crippen LogP contribution in [0.5, 0.6) is 0 Å². The fourth-order valence-electron chi connectivity index (χ4n) is 3.50. The molecule has 1 aliphatic heterocycles. The zero-order valence-corrected chi connectivity index (χ0v) is 14.3. The van der Waals surface area contributed by atoms with Crippen LogP contribution in [0.4, 0.5) is 0 Å². The largest absolute Gasteiger partial charge is 0.368 e. The van der Waals surface area contributed by atoms with Gasteiger partial charge in [-0.15, -0.1) is 5.06 Å². The van der Waals surface area contributed by atoms with Crippen LogP contribution in [0.2, 0.25) is 0 Å². The van der Waals surface area contributed by atoms with Gasteiger partial charge in [-0.1, -0.05) is 61.0 Å². The molecular formula is C21H25NO2. The van der Waals surface area contributed by atoms with E-state index >= 15 is 0 Å². The lowest BCUT2D eigenvalue weighted by molar-refractivity contribution is -0.206. The first kappa shape index (κ1) is 16.7. The molecule has 1 aliphatic rings. The Bertz CT molecular complexity index is 669. The summed E-state index contributed by atoms with van der Waals surface area (Å²) >= 11 is 0. The minimum Gasteiger partial charge on any atom is -0.368 e. The molecule has 1 heterocycles. The maximum Gasteiger partial charge on any atom is 0.322 e. The minimum absolute atomic E-state index is 0.176. The molecular weight excluding hydrogens is 298 g/mol. The first-order chi connectivity index (χ1) is 11.7. The molecule has 1 fully saturated rings. The normalized spacial score (nSPS) is 18.3. The SMILES string of the molecule is CC(=O)ON1CCCCC1c1ccccc1CCc1ccccc1. The number of hydrogen-bond acceptors (Lipinski definition) is 3. The Balaban J connectivity index is 1.78. The predicted molar refractivity (Wildman–Crippen MR) is 95.4 cm³/mol. The lowest BCUT2D eigenvalue weighted by Crippen LogP contribution is -2.35. The zero-order valence-electron chi connectivity index (χ0n) is 14.3. The molecule has 1 saturated heterocycles. The van der Waals surface area contributed by atoms with Gasteiger partial charge in [-0.3, -0.25) is 4.79 Å². The number of aryl methyl sites for hydroxylation is 2. The molecule has 0 spiro atoms. The summed E-state index contributed by atoms with van der Waals surface area (Å²) in [6.45, 7) is 2.30. The van der Waals surface area contributed by atoms with Gasteiger partial charge in [0, 0.05) is 13.5 Å². The monoisotopic (exact) mass is 323 g/mol. The molecule has 2 aromatic rings. The van der Waals surface area contributed by atoms with E-state index in [2.05, 4.69) is 54.6 Å². The van der Waals surface area contributed by atoms with Crippen LogP contribution >= 0.6 is 0 Å². The van der Waals surface area contributed by atoms with E-state index in [9.17, 15) is 4.79 Å². The maximum absolute atomic E-state index is 11.4. The van der Waals surface area contributed by atoms with Crippen LogP contribution in [-0.2, 0) is 22.5 Å². The summed E-state index contributed by atoms with van der Waals surface area (Å²) in [4.78, 5) is 16.9. The summed E-state index contributed by atoms with van der Waals surface area (Å²) < 4.78 is 0. The molecule has 3 heteroatoms. The minimum atomic E-state index is -0.233. The summed E-state index contributed by atoms with van der Waals surface area (Å²) in [5.74, 6) is -0.233. The molecule has 0 amide bonds. The van der Waals surface area contributed by atoms with Crippen molar-refractivity contribution < 1.29 is 9.63 Å². The van der Waals surface area contributed by atoms with E-state index in [4.69, 9.17) is 4.84 Å². The summed E-state index contributed by atoms with van der Waals surface area (Å²) in [6.07, 6.45) is 5.32. The number of piperidine rings is 1. The smallest absolute Gasteiger partial charge is 0.322 e. The Morgan fingerprint density at radius 2 is 1.79 bits per heavy atom. The number of hydrogen-bond donors (Lipinski definition) is 0. The second-order valence-corrected chi connectivity index (χ2v) is 6.42. The van der Waals surface area contributed by atoms with Gasteiger partial charge in [-0.25, -0.2) is 0 Å². The average Bonchev–Trinajstić information content (AvgIpc) is 2.61. The van der Waals surface area contributed by atoms with Crippen LogP contribution in [0.15, 0.2) is 54.6 Å². The van der Waals surface area contributed by atoms with E-state index in [1.54, 1.807) is 0 Å². The third-order valence-corrected chi connectivity index (χ3v) is 4.64. The molecule has 0 saturated carbocycles. The third kappa shape index (κ3) is 4.24. The molecule has 1 atom stereocenters. The highest BCUT2D eigenvalue weighted by atomic mass is 16.7. The first-order valence-electron chi connectivity index (χ1n) is 8.81. The van der Waals surface area contributed by atoms with Crippen molar-refractivity contribution in [2.75, 3.05) is 6.54 Å². The van der Waals surface area contributed by atoms with Gasteiger partial charge < -0.3 is 4.84 Å². The van der Waals surface area contributed by atoms with Gasteiger partial charge in [0.15, 0.2) is 0 Å². The molecule has 3 rings (SSSR count). The first-order valence-corrected chi connectivity index (χ1v) is 8.81. The highest BCUT2D eigenvalue weighted by molar-refractivity contribution is 5.65. The third-order valence-electron chi connectivity index (χ3n) is 4.64. The van der Waals surface area contributed by atoms with Crippen LogP contribution in [0.25, 0.3) is 0 Å². The van der Waals surface area contributed by atoms with Gasteiger partial charge in [-0.2, -0.15) is 0 Å². The quantitative estimate of drug-likeness (QED) is 0.812. The topological polar surface area (TPSA) is 29.5 Å². The lowest BCUT2D eigenvalue weighted by atomic mass is 9.91. The van der Waals surface area contributed by atoms with Crippen LogP contribution < -0.4 is 0 Å². The molecule has 3 nitrogen and oxygen atoms in total. The van der Waals surface area contributed by atoms with Gasteiger partial charge >= 0.3 is 5.97 Å². The van der Waals surface area contributed by atoms with Crippen molar-refractivity contribution in [1.82, 2.24) is 5.06 Å². The highest BCUT2D eigenvalue weighted by Gasteiger charge is 2.27. The van der Waals surface area contributed by atoms with Crippen molar-refractivity contribution in [1.29, 1.82) is 0 Å². The second kappa shape index (κ2) is 8.11. The molecule has 126 valence electrons. The van der Waals surface area contributed by atoms with Crippen molar-refractivity contribution in [2.45, 2.75) is 45.1 Å². The van der Waals surface area contributed by atoms with Crippen molar-refractivity contribution in [3.8, 4) is 0 Å². The van der Waals surface area contributed by atoms with Gasteiger partial charge in [0.25, 0.3) is 0 Å². The summed E-state index contributed by atoms with van der Waals surface area (Å²) in [6, 6.07) is 19.3. The van der Waals surface area contributed by atoms with Crippen molar-refractivity contribution in [3.05, 3.63) is 71.3 Å². The van der Waals surface area contributed by atoms with Crippen LogP contribution in [0.1, 0.15) is 48.9 Å². The predicted octanol–water partition coefficient (Wildman–Crippen LogP) is 4.48. The fraction of sp³-hybridized carbons (Fsp3) is 0.381. The summed E-state index contributed by atoms with van der Waals surface area (Å²) in [5, 5.41) is 1.88. The Kier molecular flexibility index (Phi) is 5.65. The number of rotatable bonds is 5. The molecule has 24 heavy (non-hydrogen) atoms. The fourth-order valence-corrected chi connectivity index (χ4v) is 3.50. The lowest BCUT2D eigenvalue weighted by Gasteiger charge is -2.34. The van der Waals surface area contributed by atoms with E-state index in [-0.39, 0.29) is 12.0 Å². The molecule has 0 radical (unpaired) electrons. The van der Waals surface area contributed by atoms with Crippen molar-refractivity contribution in [3.63, 3.8) is 0 Å². The highest BCUT2D eigenvalue weighted by Crippen LogP contribution is 2.33. The number of hydroxylamine groups is 2. The molecule has 0 aromatic heterocycles. The molecule has 0 aliphatic carbocycles. The number of benzene rings is 2. The van der Waals surface area contributed by atoms with Crippen LogP contribution in [0, 0.1) is 0 Å². The van der Waals surface area contributed by atoms with Gasteiger partial charge in [0.2, 0.25) is 0 Å². The Hall–Kier alpha value is -2.13. The Morgan fingerprint density at radius 3 is 2.58 bits per heavy atom. The van der Waals surface area contributed by atoms with E-state index in [1.807, 2.05) is 5.06 Å². The molecule has 2 aromatic carbocycles. The van der Waals surface area contributed by atoms with Gasteiger partial charge in [0.1, 0.15) is 0 Å². The van der Waals surface area contributed by atoms with E-state index in [0.29, 0.717) is 0 Å². The van der Waals surface area contributed by atoms with Gasteiger partial charge in [0.05, 0.1) is 6.04 Å². The number of nitrogens with zero attached hydrogens (tertiary/aromatic N) is 1.